The quantitative estimate of drug-likeness (QED) is 0.502. The summed E-state index contributed by atoms with van der Waals surface area (Å²) in [6, 6.07) is 16.5. The molecule has 2 heterocycles. The first-order valence-electron chi connectivity index (χ1n) is 9.34. The largest absolute Gasteiger partial charge is 0.460 e. The molecule has 0 saturated heterocycles. The number of carbonyl (C=O) groups is 1. The van der Waals surface area contributed by atoms with E-state index in [9.17, 15) is 9.18 Å². The molecule has 4 rings (SSSR count). The molecule has 0 atom stereocenters. The van der Waals surface area contributed by atoms with Gasteiger partial charge in [0.15, 0.2) is 11.6 Å². The Morgan fingerprint density at radius 3 is 2.70 bits per heavy atom. The molecule has 1 N–H and O–H groups in total. The van der Waals surface area contributed by atoms with Gasteiger partial charge in [-0.2, -0.15) is 4.98 Å². The molecule has 2 aromatic heterocycles. The van der Waals surface area contributed by atoms with Gasteiger partial charge in [-0.1, -0.05) is 18.2 Å². The molecule has 7 nitrogen and oxygen atoms in total. The number of benzene rings is 2. The zero-order chi connectivity index (χ0) is 21.1. The van der Waals surface area contributed by atoms with Gasteiger partial charge < -0.3 is 14.5 Å². The first-order valence-corrected chi connectivity index (χ1v) is 9.34. The highest BCUT2D eigenvalue weighted by atomic mass is 19.1. The van der Waals surface area contributed by atoms with Crippen LogP contribution in [0.2, 0.25) is 0 Å². The third-order valence-electron chi connectivity index (χ3n) is 4.11. The first kappa shape index (κ1) is 19.4. The monoisotopic (exact) mass is 406 g/mol. The van der Waals surface area contributed by atoms with Crippen LogP contribution in [0.5, 0.6) is 6.01 Å². The zero-order valence-electron chi connectivity index (χ0n) is 16.4. The van der Waals surface area contributed by atoms with E-state index >= 15 is 0 Å². The lowest BCUT2D eigenvalue weighted by molar-refractivity contribution is 0.0996. The Labute approximate surface area is 172 Å². The van der Waals surface area contributed by atoms with Gasteiger partial charge in [-0.05, 0) is 56.3 Å². The maximum atomic E-state index is 13.8. The van der Waals surface area contributed by atoms with Crippen LogP contribution in [0.4, 0.5) is 10.1 Å². The van der Waals surface area contributed by atoms with Gasteiger partial charge in [0, 0.05) is 11.3 Å². The molecular weight excluding hydrogens is 387 g/mol. The molecule has 0 radical (unpaired) electrons. The molecule has 0 aliphatic rings. The second-order valence-electron chi connectivity index (χ2n) is 6.79. The van der Waals surface area contributed by atoms with Gasteiger partial charge in [0.25, 0.3) is 5.91 Å². The number of rotatable bonds is 6. The summed E-state index contributed by atoms with van der Waals surface area (Å²) in [5.74, 6) is -0.133. The van der Waals surface area contributed by atoms with Crippen LogP contribution in [0.1, 0.15) is 24.4 Å². The number of hydrogen-bond donors (Lipinski definition) is 1. The van der Waals surface area contributed by atoms with Crippen LogP contribution < -0.4 is 10.1 Å². The maximum Gasteiger partial charge on any atom is 0.336 e. The molecule has 0 bridgehead atoms. The summed E-state index contributed by atoms with van der Waals surface area (Å²) in [6.45, 7) is 3.74. The van der Waals surface area contributed by atoms with Crippen LogP contribution in [0, 0.1) is 5.82 Å². The number of ether oxygens (including phenoxy) is 1. The van der Waals surface area contributed by atoms with Crippen LogP contribution in [0.25, 0.3) is 17.1 Å². The molecule has 0 aliphatic carbocycles. The van der Waals surface area contributed by atoms with Crippen LogP contribution in [0.3, 0.4) is 0 Å². The van der Waals surface area contributed by atoms with Crippen molar-refractivity contribution in [3.63, 3.8) is 0 Å². The van der Waals surface area contributed by atoms with Gasteiger partial charge in [0.1, 0.15) is 5.82 Å². The molecule has 1 amide bonds. The standard InChI is InChI=1S/C22H19FN4O3/c1-14(2)30-22-25-20(15-6-3-7-16(23)12-15)27(26-22)18-9-4-8-17(13-18)24-21(28)19-10-5-11-29-19/h3-14H,1-2H3,(H,24,28). The SMILES string of the molecule is CC(C)Oc1nc(-c2cccc(F)c2)n(-c2cccc(NC(=O)c3ccco3)c2)n1. The van der Waals surface area contributed by atoms with Gasteiger partial charge in [-0.25, -0.2) is 9.07 Å². The smallest absolute Gasteiger partial charge is 0.336 e. The molecule has 30 heavy (non-hydrogen) atoms. The Bertz CT molecular complexity index is 1170. The lowest BCUT2D eigenvalue weighted by atomic mass is 10.2. The Balaban J connectivity index is 1.72. The summed E-state index contributed by atoms with van der Waals surface area (Å²) in [5.41, 5.74) is 1.71. The average Bonchev–Trinajstić information content (AvgIpc) is 3.38. The fourth-order valence-electron chi connectivity index (χ4n) is 2.86. The van der Waals surface area contributed by atoms with E-state index in [4.69, 9.17) is 9.15 Å². The summed E-state index contributed by atoms with van der Waals surface area (Å²) in [4.78, 5) is 16.7. The predicted octanol–water partition coefficient (Wildman–Crippen LogP) is 4.71. The van der Waals surface area contributed by atoms with Crippen molar-refractivity contribution in [3.8, 4) is 23.1 Å². The van der Waals surface area contributed by atoms with Crippen LogP contribution in [-0.4, -0.2) is 26.8 Å². The highest BCUT2D eigenvalue weighted by molar-refractivity contribution is 6.02. The molecule has 0 aliphatic heterocycles. The summed E-state index contributed by atoms with van der Waals surface area (Å²) < 4.78 is 26.1. The van der Waals surface area contributed by atoms with Crippen molar-refractivity contribution in [1.82, 2.24) is 14.8 Å². The summed E-state index contributed by atoms with van der Waals surface area (Å²) in [7, 11) is 0. The fourth-order valence-corrected chi connectivity index (χ4v) is 2.86. The van der Waals surface area contributed by atoms with Crippen molar-refractivity contribution < 1.29 is 18.3 Å². The molecule has 8 heteroatoms. The number of aromatic nitrogens is 3. The number of halogens is 1. The van der Waals surface area contributed by atoms with Crippen molar-refractivity contribution in [2.24, 2.45) is 0 Å². The minimum Gasteiger partial charge on any atom is -0.460 e. The van der Waals surface area contributed by atoms with Gasteiger partial charge >= 0.3 is 6.01 Å². The lowest BCUT2D eigenvalue weighted by Crippen LogP contribution is -2.11. The number of hydrogen-bond acceptors (Lipinski definition) is 5. The molecule has 2 aromatic carbocycles. The summed E-state index contributed by atoms with van der Waals surface area (Å²) in [6.07, 6.45) is 1.31. The molecular formula is C22H19FN4O3. The minimum absolute atomic E-state index is 0.125. The van der Waals surface area contributed by atoms with Crippen molar-refractivity contribution in [2.75, 3.05) is 5.32 Å². The van der Waals surface area contributed by atoms with E-state index < -0.39 is 0 Å². The normalized spacial score (nSPS) is 10.9. The van der Waals surface area contributed by atoms with Crippen molar-refractivity contribution in [1.29, 1.82) is 0 Å². The van der Waals surface area contributed by atoms with Gasteiger partial charge in [0.05, 0.1) is 18.1 Å². The fraction of sp³-hybridized carbons (Fsp3) is 0.136. The van der Waals surface area contributed by atoms with Crippen molar-refractivity contribution in [3.05, 3.63) is 78.5 Å². The van der Waals surface area contributed by atoms with Gasteiger partial charge in [0.2, 0.25) is 0 Å². The van der Waals surface area contributed by atoms with E-state index in [1.165, 1.54) is 18.4 Å². The molecule has 0 spiro atoms. The molecule has 0 unspecified atom stereocenters. The number of furan rings is 1. The Hall–Kier alpha value is -3.94. The van der Waals surface area contributed by atoms with E-state index in [2.05, 4.69) is 15.4 Å². The van der Waals surface area contributed by atoms with E-state index in [1.807, 2.05) is 13.8 Å². The third kappa shape index (κ3) is 4.22. The molecule has 0 fully saturated rings. The topological polar surface area (TPSA) is 82.2 Å². The minimum atomic E-state index is -0.382. The third-order valence-corrected chi connectivity index (χ3v) is 4.11. The van der Waals surface area contributed by atoms with E-state index in [0.29, 0.717) is 22.8 Å². The average molecular weight is 406 g/mol. The van der Waals surface area contributed by atoms with Crippen molar-refractivity contribution >= 4 is 11.6 Å². The Morgan fingerprint density at radius 2 is 1.97 bits per heavy atom. The van der Waals surface area contributed by atoms with Crippen LogP contribution in [0.15, 0.2) is 71.3 Å². The predicted molar refractivity (Wildman–Crippen MR) is 109 cm³/mol. The Kier molecular flexibility index (Phi) is 5.30. The molecule has 4 aromatic rings. The summed E-state index contributed by atoms with van der Waals surface area (Å²) >= 11 is 0. The number of nitrogens with zero attached hydrogens (tertiary/aromatic N) is 3. The molecule has 0 saturated carbocycles. The highest BCUT2D eigenvalue weighted by Gasteiger charge is 2.17. The van der Waals surface area contributed by atoms with Crippen LogP contribution >= 0.6 is 0 Å². The van der Waals surface area contributed by atoms with Crippen LogP contribution in [-0.2, 0) is 0 Å². The maximum absolute atomic E-state index is 13.8. The van der Waals surface area contributed by atoms with Gasteiger partial charge in [-0.3, -0.25) is 4.79 Å². The Morgan fingerprint density at radius 1 is 1.13 bits per heavy atom. The van der Waals surface area contributed by atoms with E-state index in [-0.39, 0.29) is 29.6 Å². The van der Waals surface area contributed by atoms with E-state index in [0.717, 1.165) is 0 Å². The number of amides is 1. The van der Waals surface area contributed by atoms with Gasteiger partial charge in [-0.15, -0.1) is 5.10 Å². The molecule has 152 valence electrons. The zero-order valence-corrected chi connectivity index (χ0v) is 16.4. The highest BCUT2D eigenvalue weighted by Crippen LogP contribution is 2.26. The second kappa shape index (κ2) is 8.20. The second-order valence-corrected chi connectivity index (χ2v) is 6.79. The lowest BCUT2D eigenvalue weighted by Gasteiger charge is -2.09. The number of nitrogens with one attached hydrogen (secondary N) is 1. The number of anilines is 1. The van der Waals surface area contributed by atoms with Crippen molar-refractivity contribution in [2.45, 2.75) is 20.0 Å². The van der Waals surface area contributed by atoms with E-state index in [1.54, 1.807) is 53.2 Å². The summed E-state index contributed by atoms with van der Waals surface area (Å²) in [5, 5.41) is 7.20. The first-order chi connectivity index (χ1) is 14.5. The number of carbonyl (C=O) groups excluding carboxylic acids is 1.